The highest BCUT2D eigenvalue weighted by Crippen LogP contribution is 2.08. The molecule has 1 amide bonds. The Morgan fingerprint density at radius 3 is 2.38 bits per heavy atom. The molecule has 7 heteroatoms. The third kappa shape index (κ3) is 6.76. The maximum atomic E-state index is 11.4. The summed E-state index contributed by atoms with van der Waals surface area (Å²) in [4.78, 5) is 11.4. The van der Waals surface area contributed by atoms with E-state index in [1.165, 1.54) is 0 Å². The molecule has 96 valence electrons. The van der Waals surface area contributed by atoms with Gasteiger partial charge in [-0.05, 0) is 20.9 Å². The second-order valence-electron chi connectivity index (χ2n) is 4.15. The second kappa shape index (κ2) is 6.17. The van der Waals surface area contributed by atoms with Gasteiger partial charge in [0.05, 0.1) is 18.4 Å². The fourth-order valence-electron chi connectivity index (χ4n) is 1.22. The van der Waals surface area contributed by atoms with Crippen LogP contribution in [0.1, 0.15) is 20.3 Å². The standard InChI is InChI=1S/C9H20N2O4S/c1-9(2,7-16(13,14)15-4)11-8(12)5-6-10-3/h10H,5-7H2,1-4H3,(H,11,12). The van der Waals surface area contributed by atoms with E-state index < -0.39 is 15.7 Å². The Morgan fingerprint density at radius 2 is 1.94 bits per heavy atom. The van der Waals surface area contributed by atoms with Gasteiger partial charge in [0, 0.05) is 13.0 Å². The number of hydrogen-bond donors (Lipinski definition) is 2. The van der Waals surface area contributed by atoms with E-state index in [2.05, 4.69) is 14.8 Å². The molecule has 0 aliphatic heterocycles. The summed E-state index contributed by atoms with van der Waals surface area (Å²) in [5.41, 5.74) is -0.834. The van der Waals surface area contributed by atoms with Gasteiger partial charge in [-0.15, -0.1) is 0 Å². The van der Waals surface area contributed by atoms with Gasteiger partial charge in [0.15, 0.2) is 0 Å². The highest BCUT2D eigenvalue weighted by molar-refractivity contribution is 7.86. The molecule has 0 radical (unpaired) electrons. The summed E-state index contributed by atoms with van der Waals surface area (Å²) in [7, 11) is -0.724. The SMILES string of the molecule is CNCCC(=O)NC(C)(C)CS(=O)(=O)OC. The van der Waals surface area contributed by atoms with E-state index in [1.54, 1.807) is 20.9 Å². The molecule has 0 spiro atoms. The Hall–Kier alpha value is -0.660. The average Bonchev–Trinajstić information content (AvgIpc) is 2.12. The summed E-state index contributed by atoms with van der Waals surface area (Å²) in [6, 6.07) is 0. The van der Waals surface area contributed by atoms with Crippen molar-refractivity contribution in [3.8, 4) is 0 Å². The first-order valence-electron chi connectivity index (χ1n) is 4.96. The molecule has 2 N–H and O–H groups in total. The van der Waals surface area contributed by atoms with E-state index in [0.717, 1.165) is 7.11 Å². The molecular formula is C9H20N2O4S. The molecule has 0 saturated heterocycles. The van der Waals surface area contributed by atoms with E-state index in [4.69, 9.17) is 0 Å². The minimum atomic E-state index is -3.57. The van der Waals surface area contributed by atoms with E-state index in [1.807, 2.05) is 0 Å². The van der Waals surface area contributed by atoms with Crippen molar-refractivity contribution in [3.63, 3.8) is 0 Å². The molecule has 0 bridgehead atoms. The Bertz CT molecular complexity index is 324. The van der Waals surface area contributed by atoms with E-state index >= 15 is 0 Å². The van der Waals surface area contributed by atoms with Crippen molar-refractivity contribution in [3.05, 3.63) is 0 Å². The summed E-state index contributed by atoms with van der Waals surface area (Å²) in [6.45, 7) is 3.83. The largest absolute Gasteiger partial charge is 0.350 e. The van der Waals surface area contributed by atoms with Crippen LogP contribution in [0, 0.1) is 0 Å². The van der Waals surface area contributed by atoms with Gasteiger partial charge >= 0.3 is 0 Å². The first kappa shape index (κ1) is 15.3. The Morgan fingerprint density at radius 1 is 1.38 bits per heavy atom. The summed E-state index contributed by atoms with van der Waals surface area (Å²) < 4.78 is 26.8. The lowest BCUT2D eigenvalue weighted by molar-refractivity contribution is -0.122. The molecule has 6 nitrogen and oxygen atoms in total. The maximum absolute atomic E-state index is 11.4. The van der Waals surface area contributed by atoms with Crippen LogP contribution in [0.2, 0.25) is 0 Å². The smallest absolute Gasteiger partial charge is 0.269 e. The van der Waals surface area contributed by atoms with Crippen LogP contribution in [0.5, 0.6) is 0 Å². The van der Waals surface area contributed by atoms with Crippen molar-refractivity contribution in [2.24, 2.45) is 0 Å². The third-order valence-electron chi connectivity index (χ3n) is 1.87. The van der Waals surface area contributed by atoms with Gasteiger partial charge < -0.3 is 10.6 Å². The van der Waals surface area contributed by atoms with Crippen molar-refractivity contribution < 1.29 is 17.4 Å². The number of amides is 1. The highest BCUT2D eigenvalue weighted by atomic mass is 32.2. The Labute approximate surface area is 96.9 Å². The topological polar surface area (TPSA) is 84.5 Å². The minimum Gasteiger partial charge on any atom is -0.350 e. The Kier molecular flexibility index (Phi) is 5.91. The number of nitrogens with one attached hydrogen (secondary N) is 2. The monoisotopic (exact) mass is 252 g/mol. The summed E-state index contributed by atoms with van der Waals surface area (Å²) in [6.07, 6.45) is 0.312. The summed E-state index contributed by atoms with van der Waals surface area (Å²) in [5, 5.41) is 5.48. The predicted molar refractivity (Wildman–Crippen MR) is 61.6 cm³/mol. The van der Waals surface area contributed by atoms with Gasteiger partial charge in [-0.2, -0.15) is 8.42 Å². The van der Waals surface area contributed by atoms with Crippen LogP contribution in [0.15, 0.2) is 0 Å². The van der Waals surface area contributed by atoms with Crippen LogP contribution in [0.25, 0.3) is 0 Å². The molecule has 0 aromatic rings. The van der Waals surface area contributed by atoms with E-state index in [0.29, 0.717) is 13.0 Å². The molecule has 0 unspecified atom stereocenters. The van der Waals surface area contributed by atoms with Gasteiger partial charge in [0.25, 0.3) is 10.1 Å². The lowest BCUT2D eigenvalue weighted by Crippen LogP contribution is -2.48. The zero-order chi connectivity index (χ0) is 12.8. The van der Waals surface area contributed by atoms with Crippen molar-refractivity contribution in [2.75, 3.05) is 26.5 Å². The number of carbonyl (C=O) groups is 1. The molecule has 0 aromatic heterocycles. The van der Waals surface area contributed by atoms with Crippen molar-refractivity contribution in [1.29, 1.82) is 0 Å². The lowest BCUT2D eigenvalue weighted by atomic mass is 10.1. The zero-order valence-electron chi connectivity index (χ0n) is 10.2. The molecule has 0 saturated carbocycles. The predicted octanol–water partition coefficient (Wildman–Crippen LogP) is -0.533. The van der Waals surface area contributed by atoms with Crippen LogP contribution in [0.3, 0.4) is 0 Å². The summed E-state index contributed by atoms with van der Waals surface area (Å²) >= 11 is 0. The van der Waals surface area contributed by atoms with Crippen LogP contribution < -0.4 is 10.6 Å². The van der Waals surface area contributed by atoms with Crippen molar-refractivity contribution in [1.82, 2.24) is 10.6 Å². The molecule has 16 heavy (non-hydrogen) atoms. The summed E-state index contributed by atoms with van der Waals surface area (Å²) in [5.74, 6) is -0.437. The first-order chi connectivity index (χ1) is 7.22. The van der Waals surface area contributed by atoms with Gasteiger partial charge in [-0.1, -0.05) is 0 Å². The van der Waals surface area contributed by atoms with Crippen molar-refractivity contribution >= 4 is 16.0 Å². The second-order valence-corrected chi connectivity index (χ2v) is 5.89. The molecule has 0 atom stereocenters. The molecule has 0 heterocycles. The van der Waals surface area contributed by atoms with E-state index in [-0.39, 0.29) is 11.7 Å². The normalized spacial score (nSPS) is 12.5. The molecular weight excluding hydrogens is 232 g/mol. The van der Waals surface area contributed by atoms with E-state index in [9.17, 15) is 13.2 Å². The first-order valence-corrected chi connectivity index (χ1v) is 6.54. The fraction of sp³-hybridized carbons (Fsp3) is 0.889. The zero-order valence-corrected chi connectivity index (χ0v) is 11.0. The molecule has 0 aromatic carbocycles. The van der Waals surface area contributed by atoms with Crippen LogP contribution >= 0.6 is 0 Å². The van der Waals surface area contributed by atoms with Crippen LogP contribution in [-0.2, 0) is 19.1 Å². The Balaban J connectivity index is 4.29. The quantitative estimate of drug-likeness (QED) is 0.595. The molecule has 0 fully saturated rings. The maximum Gasteiger partial charge on any atom is 0.269 e. The molecule has 0 aliphatic carbocycles. The third-order valence-corrected chi connectivity index (χ3v) is 3.45. The van der Waals surface area contributed by atoms with Gasteiger partial charge in [-0.25, -0.2) is 0 Å². The molecule has 0 rings (SSSR count). The average molecular weight is 252 g/mol. The fourth-order valence-corrected chi connectivity index (χ4v) is 2.29. The highest BCUT2D eigenvalue weighted by Gasteiger charge is 2.27. The minimum absolute atomic E-state index is 0.189. The number of rotatable bonds is 7. The van der Waals surface area contributed by atoms with Crippen molar-refractivity contribution in [2.45, 2.75) is 25.8 Å². The van der Waals surface area contributed by atoms with Crippen LogP contribution in [0.4, 0.5) is 0 Å². The van der Waals surface area contributed by atoms with Gasteiger partial charge in [0.1, 0.15) is 0 Å². The number of carbonyl (C=O) groups excluding carboxylic acids is 1. The van der Waals surface area contributed by atoms with Crippen LogP contribution in [-0.4, -0.2) is 46.3 Å². The molecule has 0 aliphatic rings. The number of hydrogen-bond acceptors (Lipinski definition) is 5. The van der Waals surface area contributed by atoms with Gasteiger partial charge in [0.2, 0.25) is 5.91 Å². The van der Waals surface area contributed by atoms with Gasteiger partial charge in [-0.3, -0.25) is 8.98 Å². The lowest BCUT2D eigenvalue weighted by Gasteiger charge is -2.25.